The average Bonchev–Trinajstić information content (AvgIpc) is 2.62. The van der Waals surface area contributed by atoms with Gasteiger partial charge in [-0.05, 0) is 43.7 Å². The number of rotatable bonds is 4. The summed E-state index contributed by atoms with van der Waals surface area (Å²) in [6.45, 7) is 3.73. The van der Waals surface area contributed by atoms with Gasteiger partial charge in [-0.1, -0.05) is 29.8 Å². The number of anilines is 2. The Kier molecular flexibility index (Phi) is 5.46. The Labute approximate surface area is 162 Å². The maximum Gasteiger partial charge on any atom is 0.251 e. The second-order valence-corrected chi connectivity index (χ2v) is 7.11. The molecule has 0 saturated carbocycles. The number of hydrogen-bond acceptors (Lipinski definition) is 3. The minimum absolute atomic E-state index is 0.0107. The van der Waals surface area contributed by atoms with Gasteiger partial charge in [0.15, 0.2) is 0 Å². The van der Waals surface area contributed by atoms with E-state index in [1.54, 1.807) is 24.3 Å². The quantitative estimate of drug-likeness (QED) is 0.752. The molecule has 0 fully saturated rings. The summed E-state index contributed by atoms with van der Waals surface area (Å²) in [5.41, 5.74) is 2.11. The lowest BCUT2D eigenvalue weighted by molar-refractivity contribution is -0.123. The van der Waals surface area contributed by atoms with Gasteiger partial charge >= 0.3 is 0 Å². The molecule has 0 unspecified atom stereocenters. The Balaban J connectivity index is 1.84. The van der Waals surface area contributed by atoms with Crippen molar-refractivity contribution in [2.75, 3.05) is 10.6 Å². The Bertz CT molecular complexity index is 911. The van der Waals surface area contributed by atoms with Crippen LogP contribution in [0.2, 0.25) is 5.02 Å². The molecule has 1 aliphatic rings. The van der Waals surface area contributed by atoms with Gasteiger partial charge < -0.3 is 16.0 Å². The van der Waals surface area contributed by atoms with Gasteiger partial charge in [-0.3, -0.25) is 14.4 Å². The molecule has 3 N–H and O–H groups in total. The van der Waals surface area contributed by atoms with E-state index in [4.69, 9.17) is 11.6 Å². The zero-order valence-corrected chi connectivity index (χ0v) is 15.8. The lowest BCUT2D eigenvalue weighted by Crippen LogP contribution is -2.31. The first-order valence-electron chi connectivity index (χ1n) is 8.65. The van der Waals surface area contributed by atoms with Crippen LogP contribution in [0.3, 0.4) is 0 Å². The number of nitrogens with one attached hydrogen (secondary N) is 3. The van der Waals surface area contributed by atoms with Crippen LogP contribution in [-0.4, -0.2) is 23.8 Å². The van der Waals surface area contributed by atoms with E-state index in [-0.39, 0.29) is 30.2 Å². The van der Waals surface area contributed by atoms with Crippen LogP contribution in [0.15, 0.2) is 42.5 Å². The molecule has 27 heavy (non-hydrogen) atoms. The van der Waals surface area contributed by atoms with E-state index in [1.165, 1.54) is 6.07 Å². The van der Waals surface area contributed by atoms with E-state index in [9.17, 15) is 14.4 Å². The zero-order chi connectivity index (χ0) is 19.6. The van der Waals surface area contributed by atoms with Crippen molar-refractivity contribution in [2.45, 2.75) is 32.2 Å². The number of hydrogen-bond donors (Lipinski definition) is 3. The fourth-order valence-corrected chi connectivity index (χ4v) is 3.14. The number of halogens is 1. The van der Waals surface area contributed by atoms with Crippen LogP contribution in [0.5, 0.6) is 0 Å². The monoisotopic (exact) mass is 385 g/mol. The normalized spacial score (nSPS) is 15.7. The molecule has 2 aromatic carbocycles. The highest BCUT2D eigenvalue weighted by Gasteiger charge is 2.30. The largest absolute Gasteiger partial charge is 0.350 e. The minimum Gasteiger partial charge on any atom is -0.350 e. The van der Waals surface area contributed by atoms with Crippen LogP contribution in [0.1, 0.15) is 42.1 Å². The van der Waals surface area contributed by atoms with E-state index in [1.807, 2.05) is 26.0 Å². The molecule has 0 saturated heterocycles. The Morgan fingerprint density at radius 1 is 1.19 bits per heavy atom. The van der Waals surface area contributed by atoms with Crippen LogP contribution in [-0.2, 0) is 9.59 Å². The maximum atomic E-state index is 12.8. The lowest BCUT2D eigenvalue weighted by atomic mass is 9.89. The van der Waals surface area contributed by atoms with Crippen molar-refractivity contribution in [2.24, 2.45) is 0 Å². The van der Waals surface area contributed by atoms with E-state index in [0.29, 0.717) is 22.0 Å². The van der Waals surface area contributed by atoms with Gasteiger partial charge in [-0.2, -0.15) is 0 Å². The second-order valence-electron chi connectivity index (χ2n) is 6.70. The van der Waals surface area contributed by atoms with Gasteiger partial charge in [-0.25, -0.2) is 0 Å². The third-order valence-corrected chi connectivity index (χ3v) is 4.55. The third-order valence-electron chi connectivity index (χ3n) is 4.22. The molecule has 0 bridgehead atoms. The van der Waals surface area contributed by atoms with E-state index < -0.39 is 5.92 Å². The number of para-hydroxylation sites is 1. The predicted molar refractivity (Wildman–Crippen MR) is 105 cm³/mol. The van der Waals surface area contributed by atoms with Gasteiger partial charge in [0.1, 0.15) is 0 Å². The molecular formula is C20H20ClN3O3. The summed E-state index contributed by atoms with van der Waals surface area (Å²) in [5, 5.41) is 8.63. The van der Waals surface area contributed by atoms with Gasteiger partial charge in [0.25, 0.3) is 5.91 Å². The summed E-state index contributed by atoms with van der Waals surface area (Å²) >= 11 is 6.19. The zero-order valence-electron chi connectivity index (χ0n) is 15.0. The summed E-state index contributed by atoms with van der Waals surface area (Å²) in [6.07, 6.45) is 0.0496. The summed E-state index contributed by atoms with van der Waals surface area (Å²) in [6, 6.07) is 11.9. The topological polar surface area (TPSA) is 87.3 Å². The molecule has 0 spiro atoms. The van der Waals surface area contributed by atoms with Crippen molar-refractivity contribution in [3.8, 4) is 0 Å². The van der Waals surface area contributed by atoms with Crippen molar-refractivity contribution in [3.05, 3.63) is 58.6 Å². The summed E-state index contributed by atoms with van der Waals surface area (Å²) in [5.74, 6) is -1.44. The molecule has 1 heterocycles. The van der Waals surface area contributed by atoms with Gasteiger partial charge in [0.05, 0.1) is 16.6 Å². The molecular weight excluding hydrogens is 366 g/mol. The first kappa shape index (κ1) is 18.9. The predicted octanol–water partition coefficient (Wildman–Crippen LogP) is 3.54. The number of carbonyl (C=O) groups is 3. The van der Waals surface area contributed by atoms with Crippen molar-refractivity contribution in [1.29, 1.82) is 0 Å². The highest BCUT2D eigenvalue weighted by molar-refractivity contribution is 6.34. The number of benzene rings is 2. The first-order valence-corrected chi connectivity index (χ1v) is 9.03. The molecule has 140 valence electrons. The average molecular weight is 386 g/mol. The standard InChI is InChI=1S/C20H20ClN3O3/c1-11(2)22-19(26)12-7-8-15(21)17(9-12)24-20(27)14-10-18(25)23-16-6-4-3-5-13(14)16/h3-9,11,14H,10H2,1-2H3,(H,22,26)(H,23,25)(H,24,27)/t14-/m1/s1. The van der Waals surface area contributed by atoms with E-state index >= 15 is 0 Å². The van der Waals surface area contributed by atoms with Crippen LogP contribution >= 0.6 is 11.6 Å². The number of fused-ring (bicyclic) bond motifs is 1. The molecule has 1 aliphatic heterocycles. The molecule has 1 atom stereocenters. The summed E-state index contributed by atoms with van der Waals surface area (Å²) < 4.78 is 0. The molecule has 7 heteroatoms. The molecule has 0 radical (unpaired) electrons. The van der Waals surface area contributed by atoms with Gasteiger partial charge in [0.2, 0.25) is 11.8 Å². The summed E-state index contributed by atoms with van der Waals surface area (Å²) in [4.78, 5) is 37.0. The smallest absolute Gasteiger partial charge is 0.251 e. The molecule has 3 amide bonds. The van der Waals surface area contributed by atoms with Gasteiger partial charge in [0, 0.05) is 23.7 Å². The Morgan fingerprint density at radius 3 is 2.67 bits per heavy atom. The van der Waals surface area contributed by atoms with Crippen LogP contribution in [0.4, 0.5) is 11.4 Å². The molecule has 6 nitrogen and oxygen atoms in total. The fourth-order valence-electron chi connectivity index (χ4n) is 2.97. The maximum absolute atomic E-state index is 12.8. The Hall–Kier alpha value is -2.86. The van der Waals surface area contributed by atoms with Crippen molar-refractivity contribution in [1.82, 2.24) is 5.32 Å². The first-order chi connectivity index (χ1) is 12.8. The van der Waals surface area contributed by atoms with Crippen molar-refractivity contribution < 1.29 is 14.4 Å². The SMILES string of the molecule is CC(C)NC(=O)c1ccc(Cl)c(NC(=O)[C@@H]2CC(=O)Nc3ccccc32)c1. The van der Waals surface area contributed by atoms with Crippen molar-refractivity contribution in [3.63, 3.8) is 0 Å². The lowest BCUT2D eigenvalue weighted by Gasteiger charge is -2.25. The fraction of sp³-hybridized carbons (Fsp3) is 0.250. The van der Waals surface area contributed by atoms with Crippen LogP contribution in [0, 0.1) is 0 Å². The number of amides is 3. The van der Waals surface area contributed by atoms with E-state index in [2.05, 4.69) is 16.0 Å². The van der Waals surface area contributed by atoms with E-state index in [0.717, 1.165) is 5.56 Å². The number of carbonyl (C=O) groups excluding carboxylic acids is 3. The highest BCUT2D eigenvalue weighted by atomic mass is 35.5. The van der Waals surface area contributed by atoms with Crippen molar-refractivity contribution >= 4 is 40.7 Å². The van der Waals surface area contributed by atoms with Crippen LogP contribution < -0.4 is 16.0 Å². The van der Waals surface area contributed by atoms with Gasteiger partial charge in [-0.15, -0.1) is 0 Å². The second kappa shape index (κ2) is 7.80. The molecule has 0 aliphatic carbocycles. The molecule has 0 aromatic heterocycles. The molecule has 3 rings (SSSR count). The minimum atomic E-state index is -0.626. The Morgan fingerprint density at radius 2 is 1.93 bits per heavy atom. The highest BCUT2D eigenvalue weighted by Crippen LogP contribution is 2.33. The van der Waals surface area contributed by atoms with Crippen LogP contribution in [0.25, 0.3) is 0 Å². The summed E-state index contributed by atoms with van der Waals surface area (Å²) in [7, 11) is 0. The third kappa shape index (κ3) is 4.28. The molecule has 2 aromatic rings.